The minimum atomic E-state index is 0.187. The van der Waals surface area contributed by atoms with Gasteiger partial charge in [0.1, 0.15) is 11.5 Å². The standard InChI is InChI=1S/C16H18O3S/c1-2-18-13-6-3-7-14(12-13)19-10-4-8-15(17)16-9-5-11-20-16/h3,5-7,9,11-12H,2,4,8,10H2,1H3. The maximum Gasteiger partial charge on any atom is 0.172 e. The molecular formula is C16H18O3S. The summed E-state index contributed by atoms with van der Waals surface area (Å²) < 4.78 is 11.0. The van der Waals surface area contributed by atoms with Gasteiger partial charge in [-0.15, -0.1) is 11.3 Å². The second-order valence-electron chi connectivity index (χ2n) is 4.26. The number of carbonyl (C=O) groups excluding carboxylic acids is 1. The summed E-state index contributed by atoms with van der Waals surface area (Å²) in [5, 5.41) is 1.92. The number of hydrogen-bond acceptors (Lipinski definition) is 4. The highest BCUT2D eigenvalue weighted by atomic mass is 32.1. The van der Waals surface area contributed by atoms with Gasteiger partial charge in [0.05, 0.1) is 18.1 Å². The second-order valence-corrected chi connectivity index (χ2v) is 5.21. The average molecular weight is 290 g/mol. The Bertz CT molecular complexity index is 534. The molecule has 2 aromatic rings. The van der Waals surface area contributed by atoms with Crippen LogP contribution in [0, 0.1) is 0 Å². The van der Waals surface area contributed by atoms with Crippen LogP contribution in [0.1, 0.15) is 29.4 Å². The van der Waals surface area contributed by atoms with Crippen molar-refractivity contribution in [2.45, 2.75) is 19.8 Å². The molecule has 0 N–H and O–H groups in total. The van der Waals surface area contributed by atoms with Gasteiger partial charge in [0.25, 0.3) is 0 Å². The zero-order valence-corrected chi connectivity index (χ0v) is 12.3. The number of rotatable bonds is 8. The SMILES string of the molecule is CCOc1cccc(OCCCC(=O)c2cccs2)c1. The Morgan fingerprint density at radius 3 is 2.65 bits per heavy atom. The van der Waals surface area contributed by atoms with Crippen LogP contribution in [0.5, 0.6) is 11.5 Å². The number of hydrogen-bond donors (Lipinski definition) is 0. The Morgan fingerprint density at radius 2 is 1.95 bits per heavy atom. The summed E-state index contributed by atoms with van der Waals surface area (Å²) in [4.78, 5) is 12.6. The summed E-state index contributed by atoms with van der Waals surface area (Å²) >= 11 is 1.49. The van der Waals surface area contributed by atoms with Gasteiger partial charge in [-0.25, -0.2) is 0 Å². The quantitative estimate of drug-likeness (QED) is 0.540. The molecule has 0 radical (unpaired) electrons. The maximum absolute atomic E-state index is 11.8. The fourth-order valence-corrected chi connectivity index (χ4v) is 2.50. The molecule has 0 atom stereocenters. The van der Waals surface area contributed by atoms with Crippen molar-refractivity contribution >= 4 is 17.1 Å². The minimum Gasteiger partial charge on any atom is -0.494 e. The molecule has 1 heterocycles. The van der Waals surface area contributed by atoms with Gasteiger partial charge in [-0.05, 0) is 36.9 Å². The number of ketones is 1. The molecule has 0 saturated heterocycles. The van der Waals surface area contributed by atoms with E-state index in [4.69, 9.17) is 9.47 Å². The molecular weight excluding hydrogens is 272 g/mol. The van der Waals surface area contributed by atoms with E-state index in [9.17, 15) is 4.79 Å². The van der Waals surface area contributed by atoms with Crippen LogP contribution in [-0.2, 0) is 0 Å². The van der Waals surface area contributed by atoms with E-state index in [0.29, 0.717) is 19.6 Å². The summed E-state index contributed by atoms with van der Waals surface area (Å²) in [6.07, 6.45) is 1.24. The number of ether oxygens (including phenoxy) is 2. The average Bonchev–Trinajstić information content (AvgIpc) is 2.98. The summed E-state index contributed by atoms with van der Waals surface area (Å²) in [5.74, 6) is 1.77. The first-order chi connectivity index (χ1) is 9.79. The highest BCUT2D eigenvalue weighted by molar-refractivity contribution is 7.12. The Balaban J connectivity index is 1.73. The Hall–Kier alpha value is -1.81. The molecule has 0 saturated carbocycles. The smallest absolute Gasteiger partial charge is 0.172 e. The molecule has 4 heteroatoms. The summed E-state index contributed by atoms with van der Waals surface area (Å²) in [5.41, 5.74) is 0. The van der Waals surface area contributed by atoms with E-state index in [2.05, 4.69) is 0 Å². The van der Waals surface area contributed by atoms with Gasteiger partial charge in [0.2, 0.25) is 0 Å². The van der Waals surface area contributed by atoms with Gasteiger partial charge in [0.15, 0.2) is 5.78 Å². The molecule has 20 heavy (non-hydrogen) atoms. The monoisotopic (exact) mass is 290 g/mol. The van der Waals surface area contributed by atoms with Crippen molar-refractivity contribution in [2.24, 2.45) is 0 Å². The van der Waals surface area contributed by atoms with E-state index in [1.54, 1.807) is 0 Å². The molecule has 0 spiro atoms. The van der Waals surface area contributed by atoms with E-state index < -0.39 is 0 Å². The van der Waals surface area contributed by atoms with E-state index in [0.717, 1.165) is 22.8 Å². The lowest BCUT2D eigenvalue weighted by molar-refractivity contribution is 0.0977. The first-order valence-corrected chi connectivity index (χ1v) is 7.60. The van der Waals surface area contributed by atoms with Gasteiger partial charge < -0.3 is 9.47 Å². The largest absolute Gasteiger partial charge is 0.494 e. The van der Waals surface area contributed by atoms with Crippen molar-refractivity contribution in [1.82, 2.24) is 0 Å². The van der Waals surface area contributed by atoms with Gasteiger partial charge >= 0.3 is 0 Å². The zero-order chi connectivity index (χ0) is 14.2. The Kier molecular flexibility index (Phi) is 5.62. The van der Waals surface area contributed by atoms with Gasteiger partial charge in [-0.2, -0.15) is 0 Å². The van der Waals surface area contributed by atoms with Crippen molar-refractivity contribution in [1.29, 1.82) is 0 Å². The molecule has 0 fully saturated rings. The third-order valence-corrected chi connectivity index (χ3v) is 3.64. The number of carbonyl (C=O) groups is 1. The zero-order valence-electron chi connectivity index (χ0n) is 11.5. The molecule has 0 aliphatic carbocycles. The lowest BCUT2D eigenvalue weighted by Crippen LogP contribution is -2.02. The molecule has 2 rings (SSSR count). The van der Waals surface area contributed by atoms with Crippen LogP contribution in [0.15, 0.2) is 41.8 Å². The molecule has 1 aromatic heterocycles. The van der Waals surface area contributed by atoms with E-state index in [1.165, 1.54) is 11.3 Å². The molecule has 0 aliphatic rings. The molecule has 3 nitrogen and oxygen atoms in total. The molecule has 0 bridgehead atoms. The highest BCUT2D eigenvalue weighted by Crippen LogP contribution is 2.20. The lowest BCUT2D eigenvalue weighted by Gasteiger charge is -2.08. The Morgan fingerprint density at radius 1 is 1.15 bits per heavy atom. The number of Topliss-reactive ketones (excluding diaryl/α,β-unsaturated/α-hetero) is 1. The van der Waals surface area contributed by atoms with Crippen molar-refractivity contribution in [2.75, 3.05) is 13.2 Å². The Labute approximate surface area is 123 Å². The summed E-state index contributed by atoms with van der Waals surface area (Å²) in [7, 11) is 0. The predicted molar refractivity (Wildman–Crippen MR) is 81.0 cm³/mol. The van der Waals surface area contributed by atoms with Crippen LogP contribution in [-0.4, -0.2) is 19.0 Å². The van der Waals surface area contributed by atoms with Crippen LogP contribution in [0.3, 0.4) is 0 Å². The number of benzene rings is 1. The molecule has 0 aliphatic heterocycles. The van der Waals surface area contributed by atoms with Crippen LogP contribution < -0.4 is 9.47 Å². The normalized spacial score (nSPS) is 10.2. The van der Waals surface area contributed by atoms with Crippen molar-refractivity contribution in [3.63, 3.8) is 0 Å². The molecule has 0 amide bonds. The molecule has 0 unspecified atom stereocenters. The lowest BCUT2D eigenvalue weighted by atomic mass is 10.2. The molecule has 1 aromatic carbocycles. The third-order valence-electron chi connectivity index (χ3n) is 2.73. The highest BCUT2D eigenvalue weighted by Gasteiger charge is 2.06. The first kappa shape index (κ1) is 14.6. The topological polar surface area (TPSA) is 35.5 Å². The fraction of sp³-hybridized carbons (Fsp3) is 0.312. The number of thiophene rings is 1. The van der Waals surface area contributed by atoms with Gasteiger partial charge in [-0.3, -0.25) is 4.79 Å². The third kappa shape index (κ3) is 4.38. The van der Waals surface area contributed by atoms with E-state index in [1.807, 2.05) is 48.7 Å². The summed E-state index contributed by atoms with van der Waals surface area (Å²) in [6.45, 7) is 3.12. The van der Waals surface area contributed by atoms with E-state index >= 15 is 0 Å². The first-order valence-electron chi connectivity index (χ1n) is 6.72. The van der Waals surface area contributed by atoms with Crippen LogP contribution >= 0.6 is 11.3 Å². The maximum atomic E-state index is 11.8. The second kappa shape index (κ2) is 7.70. The minimum absolute atomic E-state index is 0.187. The molecule has 106 valence electrons. The fourth-order valence-electron chi connectivity index (χ4n) is 1.80. The van der Waals surface area contributed by atoms with Crippen LogP contribution in [0.4, 0.5) is 0 Å². The van der Waals surface area contributed by atoms with Gasteiger partial charge in [0, 0.05) is 12.5 Å². The van der Waals surface area contributed by atoms with Crippen molar-refractivity contribution < 1.29 is 14.3 Å². The van der Waals surface area contributed by atoms with Crippen LogP contribution in [0.25, 0.3) is 0 Å². The van der Waals surface area contributed by atoms with Gasteiger partial charge in [-0.1, -0.05) is 12.1 Å². The van der Waals surface area contributed by atoms with Crippen molar-refractivity contribution in [3.05, 3.63) is 46.7 Å². The van der Waals surface area contributed by atoms with E-state index in [-0.39, 0.29) is 5.78 Å². The van der Waals surface area contributed by atoms with Crippen LogP contribution in [0.2, 0.25) is 0 Å². The summed E-state index contributed by atoms with van der Waals surface area (Å²) in [6, 6.07) is 11.3. The van der Waals surface area contributed by atoms with Crippen molar-refractivity contribution in [3.8, 4) is 11.5 Å². The predicted octanol–water partition coefficient (Wildman–Crippen LogP) is 4.19.